The Bertz CT molecular complexity index is 265. The minimum absolute atomic E-state index is 0.115. The second-order valence-corrected chi connectivity index (χ2v) is 5.80. The Morgan fingerprint density at radius 2 is 1.45 bits per heavy atom. The van der Waals surface area contributed by atoms with Crippen LogP contribution in [-0.4, -0.2) is 24.9 Å². The normalized spacial score (nSPS) is 10.6. The zero-order chi connectivity index (χ0) is 15.2. The van der Waals surface area contributed by atoms with Gasteiger partial charge in [0.05, 0.1) is 0 Å². The van der Waals surface area contributed by atoms with Crippen molar-refractivity contribution < 1.29 is 9.59 Å². The van der Waals surface area contributed by atoms with Crippen molar-refractivity contribution in [1.82, 2.24) is 10.6 Å². The Balaban J connectivity index is 3.34. The average molecular weight is 284 g/mol. The van der Waals surface area contributed by atoms with Gasteiger partial charge in [-0.25, -0.2) is 0 Å². The van der Waals surface area contributed by atoms with Gasteiger partial charge in [-0.2, -0.15) is 0 Å². The van der Waals surface area contributed by atoms with E-state index in [2.05, 4.69) is 31.4 Å². The van der Waals surface area contributed by atoms with E-state index in [4.69, 9.17) is 0 Å². The maximum absolute atomic E-state index is 11.5. The van der Waals surface area contributed by atoms with Crippen LogP contribution in [0.15, 0.2) is 0 Å². The summed E-state index contributed by atoms with van der Waals surface area (Å²) in [5.41, 5.74) is 0. The van der Waals surface area contributed by atoms with E-state index in [1.807, 2.05) is 0 Å². The smallest absolute Gasteiger partial charge is 0.220 e. The molecular weight excluding hydrogens is 252 g/mol. The fourth-order valence-electron chi connectivity index (χ4n) is 1.85. The van der Waals surface area contributed by atoms with Crippen molar-refractivity contribution in [2.75, 3.05) is 13.1 Å². The predicted octanol–water partition coefficient (Wildman–Crippen LogP) is 3.02. The molecule has 0 aliphatic carbocycles. The highest BCUT2D eigenvalue weighted by Gasteiger charge is 2.03. The second-order valence-electron chi connectivity index (χ2n) is 5.80. The fraction of sp³-hybridized carbons (Fsp3) is 0.875. The molecule has 0 spiro atoms. The minimum atomic E-state index is 0.115. The topological polar surface area (TPSA) is 58.2 Å². The Morgan fingerprint density at radius 3 is 2.00 bits per heavy atom. The highest BCUT2D eigenvalue weighted by molar-refractivity contribution is 5.76. The third-order valence-corrected chi connectivity index (χ3v) is 3.20. The molecule has 0 aromatic rings. The molecule has 2 amide bonds. The van der Waals surface area contributed by atoms with Crippen LogP contribution in [0.25, 0.3) is 0 Å². The van der Waals surface area contributed by atoms with Crippen molar-refractivity contribution in [2.45, 2.75) is 72.1 Å². The van der Waals surface area contributed by atoms with Gasteiger partial charge in [0.2, 0.25) is 11.8 Å². The number of carbonyl (C=O) groups excluding carboxylic acids is 2. The molecule has 0 unspecified atom stereocenters. The largest absolute Gasteiger partial charge is 0.356 e. The molecule has 0 saturated carbocycles. The summed E-state index contributed by atoms with van der Waals surface area (Å²) in [5.74, 6) is 0.810. The first-order chi connectivity index (χ1) is 9.56. The molecule has 0 aromatic carbocycles. The SMILES string of the molecule is CCCCCCC(=O)NCCCNC(=O)CCC(C)C. The van der Waals surface area contributed by atoms with Crippen LogP contribution >= 0.6 is 0 Å². The molecule has 0 rings (SSSR count). The summed E-state index contributed by atoms with van der Waals surface area (Å²) in [7, 11) is 0. The number of carbonyl (C=O) groups is 2. The zero-order valence-electron chi connectivity index (χ0n) is 13.5. The van der Waals surface area contributed by atoms with E-state index in [-0.39, 0.29) is 11.8 Å². The maximum atomic E-state index is 11.5. The van der Waals surface area contributed by atoms with E-state index < -0.39 is 0 Å². The molecule has 0 aromatic heterocycles. The molecule has 0 radical (unpaired) electrons. The Hall–Kier alpha value is -1.06. The molecule has 2 N–H and O–H groups in total. The van der Waals surface area contributed by atoms with E-state index in [1.54, 1.807) is 0 Å². The molecule has 0 fully saturated rings. The standard InChI is InChI=1S/C16H32N2O2/c1-4-5-6-7-9-15(19)17-12-8-13-18-16(20)11-10-14(2)3/h14H,4-13H2,1-3H3,(H,17,19)(H,18,20). The molecule has 4 nitrogen and oxygen atoms in total. The molecule has 0 bridgehead atoms. The molecule has 0 heterocycles. The van der Waals surface area contributed by atoms with Gasteiger partial charge < -0.3 is 10.6 Å². The zero-order valence-corrected chi connectivity index (χ0v) is 13.5. The summed E-state index contributed by atoms with van der Waals surface area (Å²) in [5, 5.41) is 5.77. The van der Waals surface area contributed by atoms with Crippen LogP contribution < -0.4 is 10.6 Å². The number of unbranched alkanes of at least 4 members (excludes halogenated alkanes) is 3. The minimum Gasteiger partial charge on any atom is -0.356 e. The van der Waals surface area contributed by atoms with E-state index >= 15 is 0 Å². The van der Waals surface area contributed by atoms with E-state index in [1.165, 1.54) is 12.8 Å². The lowest BCUT2D eigenvalue weighted by molar-refractivity contribution is -0.121. The second kappa shape index (κ2) is 12.9. The first-order valence-corrected chi connectivity index (χ1v) is 8.09. The molecule has 0 aliphatic heterocycles. The van der Waals surface area contributed by atoms with Gasteiger partial charge in [0, 0.05) is 25.9 Å². The van der Waals surface area contributed by atoms with Crippen LogP contribution in [0.1, 0.15) is 72.1 Å². The van der Waals surface area contributed by atoms with Crippen LogP contribution in [0.3, 0.4) is 0 Å². The van der Waals surface area contributed by atoms with Crippen LogP contribution in [0.5, 0.6) is 0 Å². The lowest BCUT2D eigenvalue weighted by Crippen LogP contribution is -2.29. The fourth-order valence-corrected chi connectivity index (χ4v) is 1.85. The highest BCUT2D eigenvalue weighted by Crippen LogP contribution is 2.03. The van der Waals surface area contributed by atoms with Crippen LogP contribution in [0.4, 0.5) is 0 Å². The molecule has 118 valence electrons. The third kappa shape index (κ3) is 13.4. The van der Waals surface area contributed by atoms with Crippen molar-refractivity contribution in [2.24, 2.45) is 5.92 Å². The van der Waals surface area contributed by atoms with Gasteiger partial charge in [-0.05, 0) is 25.2 Å². The van der Waals surface area contributed by atoms with Crippen LogP contribution in [0.2, 0.25) is 0 Å². The molecule has 4 heteroatoms. The number of rotatable bonds is 12. The van der Waals surface area contributed by atoms with Crippen molar-refractivity contribution >= 4 is 11.8 Å². The predicted molar refractivity (Wildman–Crippen MR) is 83.5 cm³/mol. The van der Waals surface area contributed by atoms with Crippen molar-refractivity contribution in [3.05, 3.63) is 0 Å². The summed E-state index contributed by atoms with van der Waals surface area (Å²) in [4.78, 5) is 22.9. The first kappa shape index (κ1) is 18.9. The Morgan fingerprint density at radius 1 is 0.850 bits per heavy atom. The van der Waals surface area contributed by atoms with Crippen molar-refractivity contribution in [1.29, 1.82) is 0 Å². The first-order valence-electron chi connectivity index (χ1n) is 8.09. The van der Waals surface area contributed by atoms with Gasteiger partial charge in [-0.3, -0.25) is 9.59 Å². The van der Waals surface area contributed by atoms with E-state index in [0.717, 1.165) is 25.7 Å². The number of hydrogen-bond donors (Lipinski definition) is 2. The Kier molecular flexibility index (Phi) is 12.3. The molecular formula is C16H32N2O2. The highest BCUT2D eigenvalue weighted by atomic mass is 16.2. The molecule has 0 atom stereocenters. The van der Waals surface area contributed by atoms with Crippen molar-refractivity contribution in [3.8, 4) is 0 Å². The summed E-state index contributed by atoms with van der Waals surface area (Å²) in [6.45, 7) is 7.69. The van der Waals surface area contributed by atoms with Crippen molar-refractivity contribution in [3.63, 3.8) is 0 Å². The number of hydrogen-bond acceptors (Lipinski definition) is 2. The van der Waals surface area contributed by atoms with Gasteiger partial charge in [0.1, 0.15) is 0 Å². The third-order valence-electron chi connectivity index (χ3n) is 3.20. The van der Waals surface area contributed by atoms with Gasteiger partial charge in [0.25, 0.3) is 0 Å². The van der Waals surface area contributed by atoms with Gasteiger partial charge in [-0.1, -0.05) is 40.0 Å². The van der Waals surface area contributed by atoms with E-state index in [9.17, 15) is 9.59 Å². The summed E-state index contributed by atoms with van der Waals surface area (Å²) < 4.78 is 0. The van der Waals surface area contributed by atoms with Crippen LogP contribution in [0, 0.1) is 5.92 Å². The Labute approximate surface area is 124 Å². The number of nitrogens with one attached hydrogen (secondary N) is 2. The lowest BCUT2D eigenvalue weighted by atomic mass is 10.1. The molecule has 20 heavy (non-hydrogen) atoms. The van der Waals surface area contributed by atoms with E-state index in [0.29, 0.717) is 31.8 Å². The summed E-state index contributed by atoms with van der Waals surface area (Å²) in [6.07, 6.45) is 7.46. The number of amides is 2. The summed E-state index contributed by atoms with van der Waals surface area (Å²) in [6, 6.07) is 0. The maximum Gasteiger partial charge on any atom is 0.220 e. The average Bonchev–Trinajstić information content (AvgIpc) is 2.41. The summed E-state index contributed by atoms with van der Waals surface area (Å²) >= 11 is 0. The van der Waals surface area contributed by atoms with Gasteiger partial charge in [-0.15, -0.1) is 0 Å². The quantitative estimate of drug-likeness (QED) is 0.541. The van der Waals surface area contributed by atoms with Crippen LogP contribution in [-0.2, 0) is 9.59 Å². The molecule has 0 saturated heterocycles. The van der Waals surface area contributed by atoms with Gasteiger partial charge >= 0.3 is 0 Å². The van der Waals surface area contributed by atoms with Gasteiger partial charge in [0.15, 0.2) is 0 Å². The monoisotopic (exact) mass is 284 g/mol. The molecule has 0 aliphatic rings. The lowest BCUT2D eigenvalue weighted by Gasteiger charge is -2.08.